The van der Waals surface area contributed by atoms with Crippen LogP contribution in [0.2, 0.25) is 0 Å². The molecule has 1 amide bonds. The molecule has 5 nitrogen and oxygen atoms in total. The first-order chi connectivity index (χ1) is 7.27. The number of thiophene rings is 1. The molecule has 0 fully saturated rings. The second-order valence-corrected chi connectivity index (χ2v) is 3.91. The number of aromatic nitrogens is 2. The van der Waals surface area contributed by atoms with Crippen LogP contribution in [0.3, 0.4) is 0 Å². The molecule has 0 unspecified atom stereocenters. The van der Waals surface area contributed by atoms with Crippen LogP contribution >= 0.6 is 11.3 Å². The molecule has 2 rings (SSSR count). The van der Waals surface area contributed by atoms with Crippen molar-refractivity contribution in [1.82, 2.24) is 15.5 Å². The molecule has 2 heterocycles. The zero-order valence-corrected chi connectivity index (χ0v) is 8.67. The normalized spacial score (nSPS) is 10.1. The highest BCUT2D eigenvalue weighted by Gasteiger charge is 2.10. The number of nitrogens with two attached hydrogens (primary N) is 1. The number of anilines is 1. The van der Waals surface area contributed by atoms with E-state index in [2.05, 4.69) is 15.5 Å². The summed E-state index contributed by atoms with van der Waals surface area (Å²) in [6.07, 6.45) is 3.40. The van der Waals surface area contributed by atoms with E-state index >= 15 is 0 Å². The van der Waals surface area contributed by atoms with Crippen LogP contribution in [0.1, 0.15) is 15.2 Å². The number of aromatic amines is 1. The van der Waals surface area contributed by atoms with Crippen LogP contribution in [-0.4, -0.2) is 16.1 Å². The quantitative estimate of drug-likeness (QED) is 0.724. The van der Waals surface area contributed by atoms with Crippen molar-refractivity contribution in [3.05, 3.63) is 34.3 Å². The third-order valence-electron chi connectivity index (χ3n) is 1.91. The van der Waals surface area contributed by atoms with Gasteiger partial charge in [-0.3, -0.25) is 9.89 Å². The van der Waals surface area contributed by atoms with Crippen LogP contribution in [0, 0.1) is 0 Å². The second kappa shape index (κ2) is 4.14. The molecule has 0 aromatic carbocycles. The largest absolute Gasteiger partial charge is 0.397 e. The maximum atomic E-state index is 11.6. The van der Waals surface area contributed by atoms with Crippen LogP contribution in [0.25, 0.3) is 0 Å². The molecule has 6 heteroatoms. The Balaban J connectivity index is 1.96. The number of H-pyrrole nitrogens is 1. The van der Waals surface area contributed by atoms with Crippen LogP contribution in [0.15, 0.2) is 23.8 Å². The van der Waals surface area contributed by atoms with Gasteiger partial charge in [0.15, 0.2) is 0 Å². The predicted octanol–water partition coefficient (Wildman–Crippen LogP) is 0.983. The minimum Gasteiger partial charge on any atom is -0.397 e. The fourth-order valence-electron chi connectivity index (χ4n) is 1.14. The molecule has 0 spiro atoms. The van der Waals surface area contributed by atoms with E-state index in [0.717, 1.165) is 5.56 Å². The zero-order valence-electron chi connectivity index (χ0n) is 7.86. The summed E-state index contributed by atoms with van der Waals surface area (Å²) in [5.41, 5.74) is 7.07. The first-order valence-corrected chi connectivity index (χ1v) is 5.24. The highest BCUT2D eigenvalue weighted by atomic mass is 32.1. The van der Waals surface area contributed by atoms with E-state index in [0.29, 0.717) is 17.1 Å². The lowest BCUT2D eigenvalue weighted by Gasteiger charge is -2.01. The molecule has 0 aliphatic heterocycles. The van der Waals surface area contributed by atoms with E-state index in [1.807, 2.05) is 0 Å². The van der Waals surface area contributed by atoms with Gasteiger partial charge in [-0.25, -0.2) is 0 Å². The molecular formula is C9H10N4OS. The van der Waals surface area contributed by atoms with E-state index in [4.69, 9.17) is 5.73 Å². The molecule has 0 bridgehead atoms. The number of nitrogen functional groups attached to an aromatic ring is 1. The summed E-state index contributed by atoms with van der Waals surface area (Å²) in [6, 6.07) is 1.72. The molecular weight excluding hydrogens is 212 g/mol. The Morgan fingerprint density at radius 3 is 3.13 bits per heavy atom. The van der Waals surface area contributed by atoms with Gasteiger partial charge in [-0.15, -0.1) is 11.3 Å². The van der Waals surface area contributed by atoms with Crippen LogP contribution < -0.4 is 11.1 Å². The number of nitrogens with one attached hydrogen (secondary N) is 2. The summed E-state index contributed by atoms with van der Waals surface area (Å²) in [6.45, 7) is 0.451. The Labute approximate surface area is 90.3 Å². The van der Waals surface area contributed by atoms with Crippen LogP contribution in [0.4, 0.5) is 5.69 Å². The highest BCUT2D eigenvalue weighted by molar-refractivity contribution is 7.12. The fourth-order valence-corrected chi connectivity index (χ4v) is 1.87. The van der Waals surface area contributed by atoms with Crippen molar-refractivity contribution in [1.29, 1.82) is 0 Å². The lowest BCUT2D eigenvalue weighted by molar-refractivity contribution is 0.0956. The summed E-state index contributed by atoms with van der Waals surface area (Å²) >= 11 is 1.33. The number of nitrogens with zero attached hydrogens (tertiary/aromatic N) is 1. The Morgan fingerprint density at radius 1 is 1.67 bits per heavy atom. The third kappa shape index (κ3) is 2.16. The Bertz CT molecular complexity index is 448. The van der Waals surface area contributed by atoms with Crippen molar-refractivity contribution in [3.63, 3.8) is 0 Å². The number of rotatable bonds is 3. The average molecular weight is 222 g/mol. The summed E-state index contributed by atoms with van der Waals surface area (Å²) in [5, 5.41) is 11.0. The molecule has 4 N–H and O–H groups in total. The van der Waals surface area contributed by atoms with E-state index in [-0.39, 0.29) is 5.91 Å². The molecule has 78 valence electrons. The van der Waals surface area contributed by atoms with Crippen LogP contribution in [0.5, 0.6) is 0 Å². The first kappa shape index (κ1) is 9.72. The lowest BCUT2D eigenvalue weighted by Crippen LogP contribution is -2.22. The number of carbonyl (C=O) groups is 1. The van der Waals surface area contributed by atoms with Gasteiger partial charge in [0.2, 0.25) is 0 Å². The maximum Gasteiger partial charge on any atom is 0.263 e. The Hall–Kier alpha value is -1.82. The Kier molecular flexibility index (Phi) is 2.68. The lowest BCUT2D eigenvalue weighted by atomic mass is 10.3. The van der Waals surface area contributed by atoms with Gasteiger partial charge in [-0.1, -0.05) is 0 Å². The molecule has 0 saturated heterocycles. The maximum absolute atomic E-state index is 11.6. The molecule has 0 radical (unpaired) electrons. The van der Waals surface area contributed by atoms with E-state index < -0.39 is 0 Å². The Morgan fingerprint density at radius 2 is 2.53 bits per heavy atom. The minimum absolute atomic E-state index is 0.149. The first-order valence-electron chi connectivity index (χ1n) is 4.36. The summed E-state index contributed by atoms with van der Waals surface area (Å²) in [4.78, 5) is 12.2. The monoisotopic (exact) mass is 222 g/mol. The fraction of sp³-hybridized carbons (Fsp3) is 0.111. The second-order valence-electron chi connectivity index (χ2n) is 2.99. The number of hydrogen-bond donors (Lipinski definition) is 3. The molecule has 0 atom stereocenters. The van der Waals surface area contributed by atoms with Gasteiger partial charge in [0.1, 0.15) is 4.88 Å². The van der Waals surface area contributed by atoms with Crippen molar-refractivity contribution in [2.24, 2.45) is 0 Å². The standard InChI is InChI=1S/C9H10N4OS/c10-7-1-2-15-8(7)9(14)11-3-6-4-12-13-5-6/h1-2,4-5H,3,10H2,(H,11,14)(H,12,13). The molecule has 0 saturated carbocycles. The van der Waals surface area contributed by atoms with Gasteiger partial charge >= 0.3 is 0 Å². The van der Waals surface area contributed by atoms with Gasteiger partial charge in [-0.05, 0) is 11.4 Å². The highest BCUT2D eigenvalue weighted by Crippen LogP contribution is 2.18. The van der Waals surface area contributed by atoms with Crippen molar-refractivity contribution in [3.8, 4) is 0 Å². The molecule has 2 aromatic heterocycles. The predicted molar refractivity (Wildman–Crippen MR) is 58.5 cm³/mol. The average Bonchev–Trinajstić information content (AvgIpc) is 2.84. The van der Waals surface area contributed by atoms with Crippen molar-refractivity contribution < 1.29 is 4.79 Å². The molecule has 0 aliphatic carbocycles. The van der Waals surface area contributed by atoms with Crippen molar-refractivity contribution >= 4 is 22.9 Å². The zero-order chi connectivity index (χ0) is 10.7. The van der Waals surface area contributed by atoms with E-state index in [1.165, 1.54) is 11.3 Å². The molecule has 15 heavy (non-hydrogen) atoms. The SMILES string of the molecule is Nc1ccsc1C(=O)NCc1cn[nH]c1. The molecule has 2 aromatic rings. The van der Waals surface area contributed by atoms with Gasteiger partial charge in [0, 0.05) is 18.3 Å². The topological polar surface area (TPSA) is 83.8 Å². The third-order valence-corrected chi connectivity index (χ3v) is 2.84. The van der Waals surface area contributed by atoms with E-state index in [9.17, 15) is 4.79 Å². The summed E-state index contributed by atoms with van der Waals surface area (Å²) in [7, 11) is 0. The number of hydrogen-bond acceptors (Lipinski definition) is 4. The van der Waals surface area contributed by atoms with Crippen molar-refractivity contribution in [2.45, 2.75) is 6.54 Å². The van der Waals surface area contributed by atoms with Gasteiger partial charge in [0.05, 0.1) is 11.9 Å². The van der Waals surface area contributed by atoms with E-state index in [1.54, 1.807) is 23.8 Å². The smallest absolute Gasteiger partial charge is 0.263 e. The van der Waals surface area contributed by atoms with Crippen LogP contribution in [-0.2, 0) is 6.54 Å². The number of carbonyl (C=O) groups excluding carboxylic acids is 1. The van der Waals surface area contributed by atoms with Gasteiger partial charge < -0.3 is 11.1 Å². The summed E-state index contributed by atoms with van der Waals surface area (Å²) in [5.74, 6) is -0.149. The molecule has 0 aliphatic rings. The minimum atomic E-state index is -0.149. The number of amides is 1. The van der Waals surface area contributed by atoms with Gasteiger partial charge in [0.25, 0.3) is 5.91 Å². The van der Waals surface area contributed by atoms with Gasteiger partial charge in [-0.2, -0.15) is 5.10 Å². The summed E-state index contributed by atoms with van der Waals surface area (Å²) < 4.78 is 0. The van der Waals surface area contributed by atoms with Crippen molar-refractivity contribution in [2.75, 3.05) is 5.73 Å².